The number of piperidine rings is 3. The Balaban J connectivity index is -0.0000000362. The molecule has 0 spiro atoms. The van der Waals surface area contributed by atoms with Crippen LogP contribution >= 0.6 is 0 Å². The summed E-state index contributed by atoms with van der Waals surface area (Å²) in [6.45, 7) is 10.5. The van der Waals surface area contributed by atoms with Gasteiger partial charge in [-0.2, -0.15) is 0 Å². The van der Waals surface area contributed by atoms with Crippen LogP contribution in [0.15, 0.2) is 0 Å². The summed E-state index contributed by atoms with van der Waals surface area (Å²) >= 11 is 0. The van der Waals surface area contributed by atoms with E-state index in [9.17, 15) is 0 Å². The summed E-state index contributed by atoms with van der Waals surface area (Å²) < 4.78 is 0. The molecule has 1 radical (unpaired) electrons. The standard InChI is InChI=1S/C8H15N.C2H6.CH3.4W.Y/c1-7-6-9-4-2-8(7)3-5-9;1-2;;;;;;/h7-8H,2-6H2,1H3;1-2H3;1H3;;;;;/q;;-1;;;;;. The summed E-state index contributed by atoms with van der Waals surface area (Å²) in [4.78, 5) is 2.60. The zero-order chi connectivity index (χ0) is 8.27. The van der Waals surface area contributed by atoms with Gasteiger partial charge in [-0.05, 0) is 37.8 Å². The second-order valence-electron chi connectivity index (χ2n) is 3.62. The molecule has 0 aromatic carbocycles. The predicted octanol–water partition coefficient (Wildman–Crippen LogP) is 2.81. The van der Waals surface area contributed by atoms with Crippen molar-refractivity contribution in [2.75, 3.05) is 19.6 Å². The maximum Gasteiger partial charge on any atom is 0.000968 e. The Labute approximate surface area is 191 Å². The molecule has 0 aliphatic carbocycles. The smallest absolute Gasteiger partial charge is 0.000968 e. The van der Waals surface area contributed by atoms with Crippen LogP contribution in [0.5, 0.6) is 0 Å². The normalized spacial score (nSPS) is 26.6. The summed E-state index contributed by atoms with van der Waals surface area (Å²) in [7, 11) is 0. The van der Waals surface area contributed by atoms with Gasteiger partial charge >= 0.3 is 0 Å². The Hall–Kier alpha value is 3.82. The third-order valence-electron chi connectivity index (χ3n) is 2.98. The first-order valence-corrected chi connectivity index (χ1v) is 5.08. The van der Waals surface area contributed by atoms with Crippen molar-refractivity contribution in [1.29, 1.82) is 0 Å². The second-order valence-corrected chi connectivity index (χ2v) is 3.62. The number of nitrogens with zero attached hydrogens (tertiary/aromatic N) is 1. The summed E-state index contributed by atoms with van der Waals surface area (Å²) in [5, 5.41) is 0. The molecule has 0 aromatic heterocycles. The molecule has 0 saturated carbocycles. The molecular formula is C11H24NW4Y-. The van der Waals surface area contributed by atoms with Gasteiger partial charge in [0.2, 0.25) is 0 Å². The van der Waals surface area contributed by atoms with Crippen molar-refractivity contribution in [1.82, 2.24) is 4.90 Å². The van der Waals surface area contributed by atoms with Crippen LogP contribution in [-0.2, 0) is 117 Å². The molecule has 17 heavy (non-hydrogen) atoms. The average molecular weight is 995 g/mol. The van der Waals surface area contributed by atoms with E-state index >= 15 is 0 Å². The van der Waals surface area contributed by atoms with Crippen molar-refractivity contribution in [2.24, 2.45) is 11.8 Å². The predicted molar refractivity (Wildman–Crippen MR) is 56.1 cm³/mol. The van der Waals surface area contributed by atoms with Crippen molar-refractivity contribution >= 4 is 0 Å². The van der Waals surface area contributed by atoms with Crippen molar-refractivity contribution in [2.45, 2.75) is 33.6 Å². The molecular weight excluding hydrogens is 970 g/mol. The van der Waals surface area contributed by atoms with Crippen LogP contribution < -0.4 is 0 Å². The van der Waals surface area contributed by atoms with Crippen LogP contribution in [0, 0.1) is 19.3 Å². The van der Waals surface area contributed by atoms with Crippen molar-refractivity contribution in [3.63, 3.8) is 0 Å². The van der Waals surface area contributed by atoms with Crippen LogP contribution in [0.2, 0.25) is 0 Å². The third kappa shape index (κ3) is 13.2. The van der Waals surface area contributed by atoms with E-state index in [4.69, 9.17) is 0 Å². The third-order valence-corrected chi connectivity index (χ3v) is 2.98. The van der Waals surface area contributed by atoms with E-state index in [-0.39, 0.29) is 124 Å². The van der Waals surface area contributed by atoms with Crippen LogP contribution in [-0.4, -0.2) is 24.5 Å². The molecule has 0 N–H and O–H groups in total. The van der Waals surface area contributed by atoms with Gasteiger partial charge in [-0.15, -0.1) is 0 Å². The first-order valence-electron chi connectivity index (χ1n) is 5.08. The topological polar surface area (TPSA) is 3.24 Å². The maximum absolute atomic E-state index is 2.60. The molecule has 0 aromatic rings. The zero-order valence-electron chi connectivity index (χ0n) is 11.3. The van der Waals surface area contributed by atoms with E-state index in [1.807, 2.05) is 13.8 Å². The van der Waals surface area contributed by atoms with Crippen LogP contribution in [0.4, 0.5) is 0 Å². The summed E-state index contributed by atoms with van der Waals surface area (Å²) in [5.41, 5.74) is 0. The average Bonchev–Trinajstić information content (AvgIpc) is 2.10. The molecule has 3 fully saturated rings. The SMILES string of the molecule is CC.CC1CN2CCC1CC2.[CH3-].[W].[W].[W].[W].[Y]. The molecule has 1 unspecified atom stereocenters. The first-order chi connectivity index (χ1) is 5.36. The van der Waals surface area contributed by atoms with E-state index in [1.54, 1.807) is 0 Å². The molecule has 0 amide bonds. The van der Waals surface area contributed by atoms with Gasteiger partial charge < -0.3 is 12.3 Å². The molecule has 2 bridgehead atoms. The van der Waals surface area contributed by atoms with Crippen LogP contribution in [0.1, 0.15) is 33.6 Å². The Kier molecular flexibility index (Phi) is 48.4. The number of hydrogen-bond acceptors (Lipinski definition) is 1. The van der Waals surface area contributed by atoms with Crippen LogP contribution in [0.3, 0.4) is 0 Å². The molecule has 3 aliphatic rings. The van der Waals surface area contributed by atoms with Gasteiger partial charge in [0, 0.05) is 124 Å². The molecule has 1 nitrogen and oxygen atoms in total. The fourth-order valence-electron chi connectivity index (χ4n) is 2.26. The van der Waals surface area contributed by atoms with E-state index in [2.05, 4.69) is 11.8 Å². The van der Waals surface area contributed by atoms with Crippen LogP contribution in [0.25, 0.3) is 0 Å². The minimum absolute atomic E-state index is 0. The van der Waals surface area contributed by atoms with E-state index in [0.717, 1.165) is 11.8 Å². The summed E-state index contributed by atoms with van der Waals surface area (Å²) in [6.07, 6.45) is 2.95. The van der Waals surface area contributed by atoms with Gasteiger partial charge in [-0.3, -0.25) is 0 Å². The molecule has 1 atom stereocenters. The number of rotatable bonds is 0. The Morgan fingerprint density at radius 2 is 1.24 bits per heavy atom. The fourth-order valence-corrected chi connectivity index (χ4v) is 2.26. The minimum atomic E-state index is 0. The van der Waals surface area contributed by atoms with E-state index < -0.39 is 0 Å². The van der Waals surface area contributed by atoms with Crippen molar-refractivity contribution in [3.8, 4) is 0 Å². The molecule has 6 heteroatoms. The van der Waals surface area contributed by atoms with E-state index in [0.29, 0.717) is 0 Å². The molecule has 3 heterocycles. The molecule has 3 rings (SSSR count). The quantitative estimate of drug-likeness (QED) is 0.339. The molecule has 3 aliphatic heterocycles. The van der Waals surface area contributed by atoms with Gasteiger partial charge in [0.1, 0.15) is 0 Å². The number of hydrogen-bond donors (Lipinski definition) is 0. The van der Waals surface area contributed by atoms with Gasteiger partial charge in [-0.25, -0.2) is 0 Å². The molecule has 3 saturated heterocycles. The van der Waals surface area contributed by atoms with E-state index in [1.165, 1.54) is 32.5 Å². The monoisotopic (exact) mass is 995 g/mol. The number of fused-ring (bicyclic) bond motifs is 3. The second kappa shape index (κ2) is 22.1. The Bertz CT molecular complexity index is 122. The Morgan fingerprint density at radius 3 is 1.35 bits per heavy atom. The fraction of sp³-hybridized carbons (Fsp3) is 0.909. The van der Waals surface area contributed by atoms with Gasteiger partial charge in [0.15, 0.2) is 0 Å². The van der Waals surface area contributed by atoms with Gasteiger partial charge in [0.05, 0.1) is 0 Å². The zero-order valence-corrected chi connectivity index (χ0v) is 25.9. The van der Waals surface area contributed by atoms with Crippen molar-refractivity contribution in [3.05, 3.63) is 7.43 Å². The summed E-state index contributed by atoms with van der Waals surface area (Å²) in [6, 6.07) is 0. The largest absolute Gasteiger partial charge is 0.358 e. The van der Waals surface area contributed by atoms with Gasteiger partial charge in [0.25, 0.3) is 0 Å². The molecule has 101 valence electrons. The maximum atomic E-state index is 2.60. The Morgan fingerprint density at radius 1 is 0.882 bits per heavy atom. The van der Waals surface area contributed by atoms with Crippen molar-refractivity contribution < 1.29 is 117 Å². The summed E-state index contributed by atoms with van der Waals surface area (Å²) in [5.74, 6) is 2.07. The first kappa shape index (κ1) is 37.2. The van der Waals surface area contributed by atoms with Gasteiger partial charge in [-0.1, -0.05) is 20.8 Å². The minimum Gasteiger partial charge on any atom is -0.358 e.